The number of carbonyl (C=O) groups excluding carboxylic acids is 3. The third kappa shape index (κ3) is 11.0. The first-order valence-electron chi connectivity index (χ1n) is 21.3. The summed E-state index contributed by atoms with van der Waals surface area (Å²) in [4.78, 5) is 45.8. The van der Waals surface area contributed by atoms with Crippen molar-refractivity contribution in [3.8, 4) is 11.3 Å². The molecule has 0 spiro atoms. The fraction of sp³-hybridized carbons (Fsp3) is 0.744. The Balaban J connectivity index is 1.63. The van der Waals surface area contributed by atoms with E-state index in [0.717, 1.165) is 11.3 Å². The summed E-state index contributed by atoms with van der Waals surface area (Å²) in [6, 6.07) is 6.04. The van der Waals surface area contributed by atoms with Gasteiger partial charge in [0.1, 0.15) is 23.8 Å². The summed E-state index contributed by atoms with van der Waals surface area (Å²) in [5, 5.41) is 23.9. The number of hydrogen-bond donors (Lipinski definition) is 3. The number of carbonyl (C=O) groups is 3. The van der Waals surface area contributed by atoms with Crippen LogP contribution in [-0.4, -0.2) is 142 Å². The van der Waals surface area contributed by atoms with Crippen molar-refractivity contribution in [1.82, 2.24) is 30.1 Å². The van der Waals surface area contributed by atoms with Gasteiger partial charge in [-0.3, -0.25) is 19.2 Å². The zero-order chi connectivity index (χ0) is 43.8. The molecular formula is C43H71N7O9. The number of nitrogens with zero attached hydrogens (tertiary/aromatic N) is 5. The molecule has 332 valence electrons. The van der Waals surface area contributed by atoms with Gasteiger partial charge in [0.15, 0.2) is 17.7 Å². The third-order valence-corrected chi connectivity index (χ3v) is 12.3. The molecule has 59 heavy (non-hydrogen) atoms. The van der Waals surface area contributed by atoms with E-state index in [-0.39, 0.29) is 24.7 Å². The average Bonchev–Trinajstić information content (AvgIpc) is 3.77. The Morgan fingerprint density at radius 2 is 1.78 bits per heavy atom. The Morgan fingerprint density at radius 3 is 2.39 bits per heavy atom. The van der Waals surface area contributed by atoms with E-state index in [0.29, 0.717) is 50.9 Å². The number of fused-ring (bicyclic) bond motifs is 1. The summed E-state index contributed by atoms with van der Waals surface area (Å²) in [7, 11) is 5.33. The summed E-state index contributed by atoms with van der Waals surface area (Å²) < 4.78 is 33.1. The highest BCUT2D eigenvalue weighted by Crippen LogP contribution is 2.40. The van der Waals surface area contributed by atoms with Crippen LogP contribution in [0.5, 0.6) is 0 Å². The van der Waals surface area contributed by atoms with Crippen LogP contribution in [0.3, 0.4) is 0 Å². The molecule has 0 radical (unpaired) electrons. The van der Waals surface area contributed by atoms with Crippen molar-refractivity contribution in [3.63, 3.8) is 0 Å². The predicted molar refractivity (Wildman–Crippen MR) is 224 cm³/mol. The average molecular weight is 830 g/mol. The Hall–Kier alpha value is -3.67. The number of nitrogens with two attached hydrogens (primary N) is 1. The molecule has 2 aliphatic heterocycles. The van der Waals surface area contributed by atoms with Crippen molar-refractivity contribution in [2.45, 2.75) is 161 Å². The number of anilines is 1. The van der Waals surface area contributed by atoms with Crippen molar-refractivity contribution in [2.75, 3.05) is 40.1 Å². The number of hydrogen-bond acceptors (Lipinski definition) is 14. The SMILES string of the molecule is CCO[C@@H](O[C@@H]1[C@@H](C)C(=O)[C@@H](C)C(=O)O[C@H](CC)[C@@]2(C)OC(=O)N(CCCCn3cc(-c4cccc(N)c4)nn3)[C@@H]2[C@@H](C)N[C@H](C)C[C@@]1(C)OC)C(O)C(CC)N(C)C. The van der Waals surface area contributed by atoms with Gasteiger partial charge in [0.05, 0.1) is 23.9 Å². The summed E-state index contributed by atoms with van der Waals surface area (Å²) in [5.74, 6) is -3.20. The van der Waals surface area contributed by atoms with E-state index >= 15 is 0 Å². The van der Waals surface area contributed by atoms with Crippen LogP contribution in [0.1, 0.15) is 94.4 Å². The number of ether oxygens (including phenoxy) is 5. The van der Waals surface area contributed by atoms with Crippen LogP contribution in [0.4, 0.5) is 10.5 Å². The third-order valence-electron chi connectivity index (χ3n) is 12.3. The van der Waals surface area contributed by atoms with Crippen LogP contribution in [0.15, 0.2) is 30.5 Å². The number of methoxy groups -OCH3 is 1. The highest BCUT2D eigenvalue weighted by Gasteiger charge is 2.59. The van der Waals surface area contributed by atoms with Gasteiger partial charge >= 0.3 is 12.1 Å². The van der Waals surface area contributed by atoms with Crippen LogP contribution in [0.25, 0.3) is 11.3 Å². The van der Waals surface area contributed by atoms with Gasteiger partial charge in [-0.25, -0.2) is 4.79 Å². The number of aliphatic hydroxyl groups is 1. The molecule has 12 atom stereocenters. The molecule has 2 unspecified atom stereocenters. The molecule has 3 heterocycles. The molecule has 0 bridgehead atoms. The number of aryl methyl sites for hydroxylation is 1. The van der Waals surface area contributed by atoms with E-state index in [1.54, 1.807) is 23.6 Å². The number of rotatable bonds is 16. The van der Waals surface area contributed by atoms with E-state index < -0.39 is 71.5 Å². The molecule has 0 saturated carbocycles. The maximum atomic E-state index is 14.4. The first-order valence-corrected chi connectivity index (χ1v) is 21.3. The minimum Gasteiger partial charge on any atom is -0.458 e. The lowest BCUT2D eigenvalue weighted by atomic mass is 9.79. The molecule has 2 fully saturated rings. The molecule has 16 heteroatoms. The molecule has 2 aromatic rings. The van der Waals surface area contributed by atoms with Gasteiger partial charge in [-0.05, 0) is 99.9 Å². The van der Waals surface area contributed by atoms with E-state index in [4.69, 9.17) is 29.4 Å². The van der Waals surface area contributed by atoms with E-state index in [2.05, 4.69) is 15.6 Å². The minimum absolute atomic E-state index is 0.241. The number of ketones is 1. The smallest absolute Gasteiger partial charge is 0.410 e. The zero-order valence-corrected chi connectivity index (χ0v) is 37.3. The Morgan fingerprint density at radius 1 is 1.08 bits per heavy atom. The second-order valence-electron chi connectivity index (χ2n) is 17.0. The van der Waals surface area contributed by atoms with Gasteiger partial charge in [-0.1, -0.05) is 38.1 Å². The van der Waals surface area contributed by atoms with Gasteiger partial charge in [0.2, 0.25) is 0 Å². The second-order valence-corrected chi connectivity index (χ2v) is 17.0. The number of esters is 1. The van der Waals surface area contributed by atoms with Crippen molar-refractivity contribution < 1.29 is 43.2 Å². The van der Waals surface area contributed by atoms with Crippen LogP contribution >= 0.6 is 0 Å². The fourth-order valence-electron chi connectivity index (χ4n) is 9.22. The first kappa shape index (κ1) is 48.0. The lowest BCUT2D eigenvalue weighted by Gasteiger charge is -2.45. The number of aromatic nitrogens is 3. The van der Waals surface area contributed by atoms with Crippen molar-refractivity contribution >= 4 is 23.5 Å². The number of nitrogen functional groups attached to an aromatic ring is 1. The molecular weight excluding hydrogens is 759 g/mol. The van der Waals surface area contributed by atoms with E-state index in [1.165, 1.54) is 6.92 Å². The van der Waals surface area contributed by atoms with Crippen molar-refractivity contribution in [3.05, 3.63) is 30.5 Å². The molecule has 1 amide bonds. The molecule has 1 aromatic carbocycles. The number of cyclic esters (lactones) is 1. The molecule has 16 nitrogen and oxygen atoms in total. The number of aliphatic hydroxyl groups excluding tert-OH is 1. The van der Waals surface area contributed by atoms with Crippen LogP contribution < -0.4 is 11.1 Å². The Bertz CT molecular complexity index is 1690. The summed E-state index contributed by atoms with van der Waals surface area (Å²) >= 11 is 0. The van der Waals surface area contributed by atoms with Crippen molar-refractivity contribution in [1.29, 1.82) is 0 Å². The number of benzene rings is 1. The minimum atomic E-state index is -1.25. The highest BCUT2D eigenvalue weighted by atomic mass is 16.7. The quantitative estimate of drug-likeness (QED) is 0.0695. The fourth-order valence-corrected chi connectivity index (χ4v) is 9.22. The number of unbranched alkanes of at least 4 members (excludes halogenated alkanes) is 1. The maximum absolute atomic E-state index is 14.4. The molecule has 2 aliphatic rings. The van der Waals surface area contributed by atoms with Crippen LogP contribution in [0.2, 0.25) is 0 Å². The molecule has 1 aromatic heterocycles. The summed E-state index contributed by atoms with van der Waals surface area (Å²) in [6.07, 6.45) is 0.0860. The predicted octanol–water partition coefficient (Wildman–Crippen LogP) is 4.67. The Kier molecular flexibility index (Phi) is 16.9. The number of likely N-dealkylation sites (N-methyl/N-ethyl adjacent to an activating group) is 1. The van der Waals surface area contributed by atoms with Crippen LogP contribution in [-0.2, 0) is 39.8 Å². The maximum Gasteiger partial charge on any atom is 0.410 e. The normalized spacial score (nSPS) is 31.3. The topological polar surface area (TPSA) is 193 Å². The summed E-state index contributed by atoms with van der Waals surface area (Å²) in [6.45, 7) is 17.8. The second kappa shape index (κ2) is 20.7. The molecule has 4 rings (SSSR count). The molecule has 4 N–H and O–H groups in total. The summed E-state index contributed by atoms with van der Waals surface area (Å²) in [5.41, 5.74) is 5.85. The zero-order valence-electron chi connectivity index (χ0n) is 37.3. The highest BCUT2D eigenvalue weighted by molar-refractivity contribution is 6.00. The van der Waals surface area contributed by atoms with Gasteiger partial charge in [-0.15, -0.1) is 5.10 Å². The van der Waals surface area contributed by atoms with Crippen molar-refractivity contribution in [2.24, 2.45) is 11.8 Å². The van der Waals surface area contributed by atoms with Gasteiger partial charge in [0, 0.05) is 62.1 Å². The van der Waals surface area contributed by atoms with E-state index in [1.807, 2.05) is 97.9 Å². The lowest BCUT2D eigenvalue weighted by Crippen LogP contribution is -2.63. The van der Waals surface area contributed by atoms with E-state index in [9.17, 15) is 19.5 Å². The van der Waals surface area contributed by atoms with Gasteiger partial charge in [0.25, 0.3) is 0 Å². The van der Waals surface area contributed by atoms with Gasteiger partial charge in [-0.2, -0.15) is 0 Å². The number of Topliss-reactive ketones (excluding diaryl/α,β-unsaturated/α-hetero) is 1. The first-order chi connectivity index (χ1) is 27.8. The lowest BCUT2D eigenvalue weighted by molar-refractivity contribution is -0.265. The van der Waals surface area contributed by atoms with Gasteiger partial charge < -0.3 is 44.7 Å². The Labute approximate surface area is 350 Å². The molecule has 2 saturated heterocycles. The number of amides is 1. The number of nitrogens with one attached hydrogen (secondary N) is 1. The largest absolute Gasteiger partial charge is 0.458 e. The standard InChI is InChI=1S/C43H71N7O9/c1-13-33(48(10)11)36(52)40(56-15-3)58-38-27(5)35(51)28(6)39(53)57-34(14-2)43(9)37(29(7)45-26(4)24-42(38,8)55-12)50(41(54)59-43)22-17-16-21-49-25-32(46-47-49)30-19-18-20-31(44)23-30/h18-20,23,25-29,33-34,36-38,40,45,52H,13-17,21-22,24,44H2,1-12H3/t26-,27+,28-,29-,33?,34-,36?,37-,38-,40+,42-,43-/m1/s1. The van der Waals surface area contributed by atoms with Crippen LogP contribution in [0, 0.1) is 11.8 Å². The monoisotopic (exact) mass is 830 g/mol. The molecule has 0 aliphatic carbocycles.